The van der Waals surface area contributed by atoms with Crippen LogP contribution in [-0.4, -0.2) is 33.9 Å². The normalized spacial score (nSPS) is 10.4. The maximum atomic E-state index is 5.49. The van der Waals surface area contributed by atoms with Gasteiger partial charge >= 0.3 is 0 Å². The Labute approximate surface area is 110 Å². The molecule has 102 valence electrons. The minimum atomic E-state index is 0.651. The summed E-state index contributed by atoms with van der Waals surface area (Å²) < 4.78 is 10.8. The molecule has 0 atom stereocenters. The van der Waals surface area contributed by atoms with Gasteiger partial charge in [-0.05, 0) is 51.2 Å². The van der Waals surface area contributed by atoms with Gasteiger partial charge in [-0.2, -0.15) is 0 Å². The highest BCUT2D eigenvalue weighted by molar-refractivity contribution is 5.42. The van der Waals surface area contributed by atoms with Gasteiger partial charge in [0.15, 0.2) is 11.5 Å². The zero-order valence-corrected chi connectivity index (χ0v) is 11.6. The van der Waals surface area contributed by atoms with Crippen LogP contribution in [0.2, 0.25) is 0 Å². The topological polar surface area (TPSA) is 42.5 Å². The third-order valence-corrected chi connectivity index (χ3v) is 2.64. The largest absolute Gasteiger partial charge is 0.493 e. The molecule has 0 saturated heterocycles. The van der Waals surface area contributed by atoms with E-state index in [9.17, 15) is 0 Å². The highest BCUT2D eigenvalue weighted by Gasteiger charge is 2.04. The van der Waals surface area contributed by atoms with Crippen molar-refractivity contribution in [1.82, 2.24) is 10.6 Å². The molecule has 0 spiro atoms. The first kappa shape index (κ1) is 14.8. The second-order valence-electron chi connectivity index (χ2n) is 4.05. The molecule has 0 radical (unpaired) electrons. The highest BCUT2D eigenvalue weighted by Crippen LogP contribution is 2.27. The molecule has 18 heavy (non-hydrogen) atoms. The van der Waals surface area contributed by atoms with Crippen LogP contribution >= 0.6 is 0 Å². The van der Waals surface area contributed by atoms with E-state index >= 15 is 0 Å². The quantitative estimate of drug-likeness (QED) is 0.658. The molecule has 0 aliphatic heterocycles. The first-order chi connectivity index (χ1) is 8.81. The summed E-state index contributed by atoms with van der Waals surface area (Å²) in [5.74, 6) is 1.60. The van der Waals surface area contributed by atoms with Gasteiger partial charge in [0, 0.05) is 6.54 Å². The van der Waals surface area contributed by atoms with Gasteiger partial charge in [-0.25, -0.2) is 0 Å². The summed E-state index contributed by atoms with van der Waals surface area (Å²) in [5.41, 5.74) is 1.21. The number of hydrogen-bond acceptors (Lipinski definition) is 4. The lowest BCUT2D eigenvalue weighted by Crippen LogP contribution is -2.19. The summed E-state index contributed by atoms with van der Waals surface area (Å²) in [6, 6.07) is 6.06. The van der Waals surface area contributed by atoms with Crippen molar-refractivity contribution in [3.63, 3.8) is 0 Å². The molecule has 0 saturated carbocycles. The molecule has 0 fully saturated rings. The van der Waals surface area contributed by atoms with E-state index in [-0.39, 0.29) is 0 Å². The molecule has 4 heteroatoms. The summed E-state index contributed by atoms with van der Waals surface area (Å²) >= 11 is 0. The Bertz CT molecular complexity index is 343. The average Bonchev–Trinajstić information content (AvgIpc) is 2.40. The predicted molar refractivity (Wildman–Crippen MR) is 74.4 cm³/mol. The third-order valence-electron chi connectivity index (χ3n) is 2.64. The van der Waals surface area contributed by atoms with Crippen molar-refractivity contribution in [2.75, 3.05) is 33.9 Å². The zero-order valence-electron chi connectivity index (χ0n) is 11.6. The van der Waals surface area contributed by atoms with Gasteiger partial charge in [-0.15, -0.1) is 0 Å². The molecule has 0 aliphatic rings. The first-order valence-corrected chi connectivity index (χ1v) is 6.46. The number of benzene rings is 1. The monoisotopic (exact) mass is 252 g/mol. The van der Waals surface area contributed by atoms with E-state index in [2.05, 4.69) is 16.7 Å². The predicted octanol–water partition coefficient (Wildman–Crippen LogP) is 1.79. The SMILES string of the molecule is CCOc1ccc(CNCCCNC)cc1OC. The molecule has 1 aromatic carbocycles. The van der Waals surface area contributed by atoms with Crippen LogP contribution in [0.25, 0.3) is 0 Å². The van der Waals surface area contributed by atoms with Crippen LogP contribution in [0.3, 0.4) is 0 Å². The Morgan fingerprint density at radius 3 is 2.67 bits per heavy atom. The molecular formula is C14H24N2O2. The standard InChI is InChI=1S/C14H24N2O2/c1-4-18-13-7-6-12(10-14(13)17-3)11-16-9-5-8-15-2/h6-7,10,15-16H,4-5,8-9,11H2,1-3H3. The average molecular weight is 252 g/mol. The van der Waals surface area contributed by atoms with E-state index in [4.69, 9.17) is 9.47 Å². The first-order valence-electron chi connectivity index (χ1n) is 6.46. The van der Waals surface area contributed by atoms with Gasteiger partial charge in [0.25, 0.3) is 0 Å². The summed E-state index contributed by atoms with van der Waals surface area (Å²) in [5, 5.41) is 6.53. The Hall–Kier alpha value is -1.26. The fourth-order valence-corrected chi connectivity index (χ4v) is 1.72. The van der Waals surface area contributed by atoms with Gasteiger partial charge in [-0.1, -0.05) is 6.07 Å². The zero-order chi connectivity index (χ0) is 13.2. The van der Waals surface area contributed by atoms with E-state index in [0.717, 1.165) is 37.6 Å². The number of methoxy groups -OCH3 is 1. The van der Waals surface area contributed by atoms with Gasteiger partial charge in [-0.3, -0.25) is 0 Å². The fraction of sp³-hybridized carbons (Fsp3) is 0.571. The lowest BCUT2D eigenvalue weighted by atomic mass is 10.2. The molecular weight excluding hydrogens is 228 g/mol. The maximum absolute atomic E-state index is 5.49. The van der Waals surface area contributed by atoms with E-state index in [1.165, 1.54) is 5.56 Å². The Balaban J connectivity index is 2.46. The fourth-order valence-electron chi connectivity index (χ4n) is 1.72. The number of nitrogens with one attached hydrogen (secondary N) is 2. The second-order valence-corrected chi connectivity index (χ2v) is 4.05. The molecule has 0 aromatic heterocycles. The summed E-state index contributed by atoms with van der Waals surface area (Å²) in [7, 11) is 3.64. The van der Waals surface area contributed by atoms with Crippen LogP contribution in [0.15, 0.2) is 18.2 Å². The van der Waals surface area contributed by atoms with E-state index in [0.29, 0.717) is 6.61 Å². The van der Waals surface area contributed by atoms with Crippen LogP contribution in [0.4, 0.5) is 0 Å². The molecule has 0 aliphatic carbocycles. The minimum Gasteiger partial charge on any atom is -0.493 e. The molecule has 0 amide bonds. The molecule has 1 rings (SSSR count). The van der Waals surface area contributed by atoms with Crippen LogP contribution in [0.5, 0.6) is 11.5 Å². The smallest absolute Gasteiger partial charge is 0.161 e. The van der Waals surface area contributed by atoms with Crippen LogP contribution in [0, 0.1) is 0 Å². The van der Waals surface area contributed by atoms with Crippen molar-refractivity contribution in [1.29, 1.82) is 0 Å². The Morgan fingerprint density at radius 2 is 2.00 bits per heavy atom. The molecule has 4 nitrogen and oxygen atoms in total. The molecule has 1 aromatic rings. The summed E-state index contributed by atoms with van der Waals surface area (Å²) in [6.07, 6.45) is 1.13. The van der Waals surface area contributed by atoms with Crippen molar-refractivity contribution < 1.29 is 9.47 Å². The minimum absolute atomic E-state index is 0.651. The van der Waals surface area contributed by atoms with Crippen molar-refractivity contribution >= 4 is 0 Å². The van der Waals surface area contributed by atoms with Gasteiger partial charge in [0.05, 0.1) is 13.7 Å². The van der Waals surface area contributed by atoms with Crippen molar-refractivity contribution in [3.05, 3.63) is 23.8 Å². The number of rotatable bonds is 9. The highest BCUT2D eigenvalue weighted by atomic mass is 16.5. The lowest BCUT2D eigenvalue weighted by Gasteiger charge is -2.11. The summed E-state index contributed by atoms with van der Waals surface area (Å²) in [4.78, 5) is 0. The van der Waals surface area contributed by atoms with Crippen LogP contribution in [0.1, 0.15) is 18.9 Å². The Morgan fingerprint density at radius 1 is 1.17 bits per heavy atom. The molecule has 2 N–H and O–H groups in total. The maximum Gasteiger partial charge on any atom is 0.161 e. The van der Waals surface area contributed by atoms with Crippen molar-refractivity contribution in [2.45, 2.75) is 19.9 Å². The van der Waals surface area contributed by atoms with Gasteiger partial charge in [0.2, 0.25) is 0 Å². The van der Waals surface area contributed by atoms with E-state index in [1.54, 1.807) is 7.11 Å². The molecule has 0 bridgehead atoms. The van der Waals surface area contributed by atoms with Gasteiger partial charge in [0.1, 0.15) is 0 Å². The van der Waals surface area contributed by atoms with Crippen LogP contribution < -0.4 is 20.1 Å². The summed E-state index contributed by atoms with van der Waals surface area (Å²) in [6.45, 7) is 5.52. The Kier molecular flexibility index (Phi) is 7.22. The van der Waals surface area contributed by atoms with E-state index in [1.807, 2.05) is 26.1 Å². The number of hydrogen-bond donors (Lipinski definition) is 2. The molecule has 0 unspecified atom stereocenters. The molecule has 0 heterocycles. The van der Waals surface area contributed by atoms with Crippen molar-refractivity contribution in [3.8, 4) is 11.5 Å². The van der Waals surface area contributed by atoms with Crippen LogP contribution in [-0.2, 0) is 6.54 Å². The third kappa shape index (κ3) is 4.94. The van der Waals surface area contributed by atoms with Crippen molar-refractivity contribution in [2.24, 2.45) is 0 Å². The number of ether oxygens (including phenoxy) is 2. The second kappa shape index (κ2) is 8.78. The van der Waals surface area contributed by atoms with E-state index < -0.39 is 0 Å². The van der Waals surface area contributed by atoms with Gasteiger partial charge < -0.3 is 20.1 Å². The lowest BCUT2D eigenvalue weighted by molar-refractivity contribution is 0.310.